The molecular formula is C22H33N5O3. The summed E-state index contributed by atoms with van der Waals surface area (Å²) in [5.74, 6) is -0.567. The van der Waals surface area contributed by atoms with E-state index in [1.54, 1.807) is 11.9 Å². The number of likely N-dealkylation sites (N-methyl/N-ethyl adjacent to an activating group) is 1. The average Bonchev–Trinajstić information content (AvgIpc) is 3.21. The number of benzene rings is 1. The molecule has 0 saturated carbocycles. The first-order valence-electron chi connectivity index (χ1n) is 10.9. The Morgan fingerprint density at radius 3 is 2.57 bits per heavy atom. The Balaban J connectivity index is 1.49. The number of hydrogen-bond donors (Lipinski definition) is 1. The van der Waals surface area contributed by atoms with Crippen molar-refractivity contribution >= 4 is 23.3 Å². The highest BCUT2D eigenvalue weighted by Crippen LogP contribution is 2.25. The molecule has 8 heteroatoms. The van der Waals surface area contributed by atoms with E-state index in [4.69, 9.17) is 4.74 Å². The zero-order chi connectivity index (χ0) is 21.3. The Hall–Kier alpha value is -2.45. The second-order valence-corrected chi connectivity index (χ2v) is 7.81. The van der Waals surface area contributed by atoms with Crippen LogP contribution >= 0.6 is 0 Å². The van der Waals surface area contributed by atoms with E-state index in [0.29, 0.717) is 6.54 Å². The molecule has 1 aromatic carbocycles. The van der Waals surface area contributed by atoms with Gasteiger partial charge >= 0.3 is 5.97 Å². The second-order valence-electron chi connectivity index (χ2n) is 7.81. The van der Waals surface area contributed by atoms with Gasteiger partial charge in [0.25, 0.3) is 0 Å². The number of carbonyl (C=O) groups is 2. The van der Waals surface area contributed by atoms with E-state index in [9.17, 15) is 9.59 Å². The molecule has 2 aliphatic heterocycles. The first-order valence-corrected chi connectivity index (χ1v) is 10.9. The van der Waals surface area contributed by atoms with Gasteiger partial charge in [-0.15, -0.1) is 0 Å². The summed E-state index contributed by atoms with van der Waals surface area (Å²) in [7, 11) is 2.16. The maximum absolute atomic E-state index is 12.9. The maximum atomic E-state index is 12.9. The molecule has 1 saturated heterocycles. The number of anilines is 1. The number of unbranched alkanes of at least 4 members (excludes halogenated alkanes) is 1. The molecule has 30 heavy (non-hydrogen) atoms. The van der Waals surface area contributed by atoms with Crippen LogP contribution in [0.4, 0.5) is 5.69 Å². The fourth-order valence-electron chi connectivity index (χ4n) is 3.73. The molecule has 1 atom stereocenters. The van der Waals surface area contributed by atoms with E-state index in [1.165, 1.54) is 0 Å². The lowest BCUT2D eigenvalue weighted by molar-refractivity contribution is -0.135. The molecule has 0 radical (unpaired) electrons. The number of rotatable bonds is 9. The van der Waals surface area contributed by atoms with E-state index in [-0.39, 0.29) is 24.6 Å². The van der Waals surface area contributed by atoms with Gasteiger partial charge in [0.15, 0.2) is 0 Å². The number of nitrogens with one attached hydrogen (secondary N) is 1. The van der Waals surface area contributed by atoms with Crippen LogP contribution in [0.15, 0.2) is 35.4 Å². The van der Waals surface area contributed by atoms with Crippen molar-refractivity contribution in [2.45, 2.75) is 32.2 Å². The predicted octanol–water partition coefficient (Wildman–Crippen LogP) is 1.33. The van der Waals surface area contributed by atoms with Crippen molar-refractivity contribution in [1.29, 1.82) is 0 Å². The van der Waals surface area contributed by atoms with E-state index >= 15 is 0 Å². The number of hydrogen-bond acceptors (Lipinski definition) is 7. The molecule has 1 fully saturated rings. The number of amides is 1. The van der Waals surface area contributed by atoms with Gasteiger partial charge in [-0.2, -0.15) is 5.10 Å². The van der Waals surface area contributed by atoms with Crippen LogP contribution in [0, 0.1) is 0 Å². The van der Waals surface area contributed by atoms with Crippen molar-refractivity contribution in [3.63, 3.8) is 0 Å². The lowest BCUT2D eigenvalue weighted by Gasteiger charge is -2.32. The molecule has 0 bridgehead atoms. The molecule has 0 aliphatic carbocycles. The molecule has 1 N–H and O–H groups in total. The molecule has 8 nitrogen and oxygen atoms in total. The van der Waals surface area contributed by atoms with Crippen LogP contribution < -0.4 is 10.3 Å². The topological polar surface area (TPSA) is 77.5 Å². The first kappa shape index (κ1) is 22.2. The van der Waals surface area contributed by atoms with Crippen molar-refractivity contribution in [3.05, 3.63) is 30.3 Å². The van der Waals surface area contributed by atoms with E-state index in [2.05, 4.69) is 27.3 Å². The monoisotopic (exact) mass is 415 g/mol. The highest BCUT2D eigenvalue weighted by atomic mass is 16.5. The summed E-state index contributed by atoms with van der Waals surface area (Å²) in [4.78, 5) is 29.8. The lowest BCUT2D eigenvalue weighted by Crippen LogP contribution is -2.45. The molecule has 3 rings (SSSR count). The molecule has 0 aromatic heterocycles. The van der Waals surface area contributed by atoms with Gasteiger partial charge in [0.2, 0.25) is 5.91 Å². The predicted molar refractivity (Wildman–Crippen MR) is 118 cm³/mol. The third-order valence-corrected chi connectivity index (χ3v) is 5.54. The Morgan fingerprint density at radius 2 is 1.87 bits per heavy atom. The number of nitrogens with zero attached hydrogens (tertiary/aromatic N) is 4. The van der Waals surface area contributed by atoms with Gasteiger partial charge in [-0.05, 0) is 45.5 Å². The van der Waals surface area contributed by atoms with Crippen LogP contribution in [0.3, 0.4) is 0 Å². The highest BCUT2D eigenvalue weighted by Gasteiger charge is 2.36. The minimum absolute atomic E-state index is 0.110. The van der Waals surface area contributed by atoms with Gasteiger partial charge in [0, 0.05) is 39.1 Å². The molecule has 2 heterocycles. The Morgan fingerprint density at radius 1 is 1.13 bits per heavy atom. The SMILES string of the molecule is CCOC(=O)C1=NN(c2ccccc2)C(C(=O)NCCCCN2CCN(C)CC2)C1. The molecule has 1 aromatic rings. The smallest absolute Gasteiger partial charge is 0.354 e. The van der Waals surface area contributed by atoms with Crippen molar-refractivity contribution < 1.29 is 14.3 Å². The number of esters is 1. The summed E-state index contributed by atoms with van der Waals surface area (Å²) in [6.45, 7) is 8.21. The molecule has 2 aliphatic rings. The van der Waals surface area contributed by atoms with E-state index in [1.807, 2.05) is 30.3 Å². The van der Waals surface area contributed by atoms with E-state index in [0.717, 1.165) is 51.3 Å². The Labute approximate surface area is 178 Å². The second kappa shape index (κ2) is 11.1. The fourth-order valence-corrected chi connectivity index (χ4v) is 3.73. The van der Waals surface area contributed by atoms with Crippen LogP contribution in [0.5, 0.6) is 0 Å². The summed E-state index contributed by atoms with van der Waals surface area (Å²) < 4.78 is 5.08. The third-order valence-electron chi connectivity index (χ3n) is 5.54. The molecule has 164 valence electrons. The van der Waals surface area contributed by atoms with Crippen molar-refractivity contribution in [2.24, 2.45) is 5.10 Å². The van der Waals surface area contributed by atoms with Crippen LogP contribution in [0.1, 0.15) is 26.2 Å². The molecular weight excluding hydrogens is 382 g/mol. The summed E-state index contributed by atoms with van der Waals surface area (Å²) in [5.41, 5.74) is 1.07. The number of para-hydroxylation sites is 1. The van der Waals surface area contributed by atoms with Crippen LogP contribution in [-0.2, 0) is 14.3 Å². The normalized spacial score (nSPS) is 20.1. The minimum atomic E-state index is -0.538. The standard InChI is InChI=1S/C22H33N5O3/c1-3-30-22(29)19-17-20(27(24-19)18-9-5-4-6-10-18)21(28)23-11-7-8-12-26-15-13-25(2)14-16-26/h4-6,9-10,20H,3,7-8,11-17H2,1-2H3,(H,23,28). The van der Waals surface area contributed by atoms with E-state index < -0.39 is 12.0 Å². The summed E-state index contributed by atoms with van der Waals surface area (Å²) in [6.07, 6.45) is 2.24. The largest absolute Gasteiger partial charge is 0.461 e. The van der Waals surface area contributed by atoms with Gasteiger partial charge in [-0.3, -0.25) is 9.80 Å². The number of piperazine rings is 1. The van der Waals surface area contributed by atoms with Crippen LogP contribution in [0.2, 0.25) is 0 Å². The molecule has 1 amide bonds. The zero-order valence-electron chi connectivity index (χ0n) is 18.0. The summed E-state index contributed by atoms with van der Waals surface area (Å²) in [5, 5.41) is 9.05. The van der Waals surface area contributed by atoms with Gasteiger partial charge in [0.05, 0.1) is 12.3 Å². The summed E-state index contributed by atoms with van der Waals surface area (Å²) in [6, 6.07) is 8.91. The Kier molecular flexibility index (Phi) is 8.21. The summed E-state index contributed by atoms with van der Waals surface area (Å²) >= 11 is 0. The first-order chi connectivity index (χ1) is 14.6. The molecule has 0 spiro atoms. The number of carbonyl (C=O) groups excluding carboxylic acids is 2. The van der Waals surface area contributed by atoms with Crippen LogP contribution in [-0.4, -0.2) is 86.4 Å². The Bertz CT molecular complexity index is 732. The fraction of sp³-hybridized carbons (Fsp3) is 0.591. The quantitative estimate of drug-likeness (QED) is 0.484. The van der Waals surface area contributed by atoms with Gasteiger partial charge in [-0.25, -0.2) is 4.79 Å². The van der Waals surface area contributed by atoms with Crippen molar-refractivity contribution in [3.8, 4) is 0 Å². The van der Waals surface area contributed by atoms with Gasteiger partial charge < -0.3 is 19.9 Å². The molecule has 1 unspecified atom stereocenters. The minimum Gasteiger partial charge on any atom is -0.461 e. The van der Waals surface area contributed by atoms with Gasteiger partial charge in [-0.1, -0.05) is 18.2 Å². The van der Waals surface area contributed by atoms with Crippen LogP contribution in [0.25, 0.3) is 0 Å². The zero-order valence-corrected chi connectivity index (χ0v) is 18.0. The number of hydrazone groups is 1. The third kappa shape index (κ3) is 6.03. The maximum Gasteiger partial charge on any atom is 0.354 e. The average molecular weight is 416 g/mol. The number of ether oxygens (including phenoxy) is 1. The highest BCUT2D eigenvalue weighted by molar-refractivity contribution is 6.38. The van der Waals surface area contributed by atoms with Crippen molar-refractivity contribution in [2.75, 3.05) is 57.9 Å². The lowest BCUT2D eigenvalue weighted by atomic mass is 10.1. The van der Waals surface area contributed by atoms with Crippen molar-refractivity contribution in [1.82, 2.24) is 15.1 Å². The van der Waals surface area contributed by atoms with Gasteiger partial charge in [0.1, 0.15) is 11.8 Å².